The summed E-state index contributed by atoms with van der Waals surface area (Å²) in [6.07, 6.45) is 1.76. The van der Waals surface area contributed by atoms with E-state index in [0.29, 0.717) is 74.9 Å². The van der Waals surface area contributed by atoms with E-state index in [1.807, 2.05) is 0 Å². The van der Waals surface area contributed by atoms with Gasteiger partial charge in [-0.15, -0.1) is 0 Å². The Morgan fingerprint density at radius 3 is 2.31 bits per heavy atom. The van der Waals surface area contributed by atoms with Crippen LogP contribution in [0.4, 0.5) is 23.2 Å². The summed E-state index contributed by atoms with van der Waals surface area (Å²) in [6, 6.07) is 6.89. The van der Waals surface area contributed by atoms with Crippen molar-refractivity contribution >= 4 is 17.4 Å². The molecule has 12 heteroatoms. The number of fused-ring (bicyclic) bond motifs is 3. The van der Waals surface area contributed by atoms with Gasteiger partial charge < -0.3 is 20.6 Å². The van der Waals surface area contributed by atoms with Crippen LogP contribution in [0.15, 0.2) is 41.8 Å². The highest BCUT2D eigenvalue weighted by Crippen LogP contribution is 2.71. The van der Waals surface area contributed by atoms with E-state index in [-0.39, 0.29) is 29.0 Å². The van der Waals surface area contributed by atoms with Gasteiger partial charge in [-0.25, -0.2) is 14.4 Å². The number of carbonyl (C=O) groups excluding carboxylic acids is 1. The standard InChI is InChI=1S/C27H29F4N5O3/c28-25-12-24(13-25,14-25)9-20(37)36(19-3-1-2-17(8-19)21(32)35-38)15-23-4-6-26(7-5-23,39-16-23)18-10-33-22(34-11-18)27(29,30)31/h1-3,8,10-11,38H,4-7,9,12-16H2,(H2,32,35). The van der Waals surface area contributed by atoms with Crippen LogP contribution in [0, 0.1) is 10.8 Å². The number of amides is 1. The highest BCUT2D eigenvalue weighted by Gasteiger charge is 2.69. The summed E-state index contributed by atoms with van der Waals surface area (Å²) in [5.74, 6) is -1.38. The molecule has 4 saturated carbocycles. The third kappa shape index (κ3) is 4.42. The summed E-state index contributed by atoms with van der Waals surface area (Å²) in [5.41, 5.74) is 4.87. The smallest absolute Gasteiger partial charge is 0.409 e. The van der Waals surface area contributed by atoms with E-state index < -0.39 is 23.3 Å². The zero-order chi connectivity index (χ0) is 27.7. The predicted molar refractivity (Wildman–Crippen MR) is 132 cm³/mol. The maximum atomic E-state index is 14.2. The van der Waals surface area contributed by atoms with Crippen molar-refractivity contribution in [2.75, 3.05) is 18.1 Å². The first kappa shape index (κ1) is 26.0. The number of benzene rings is 1. The fourth-order valence-electron chi connectivity index (χ4n) is 7.06. The van der Waals surface area contributed by atoms with Crippen LogP contribution in [0.25, 0.3) is 0 Å². The zero-order valence-corrected chi connectivity index (χ0v) is 21.2. The van der Waals surface area contributed by atoms with Gasteiger partial charge in [-0.1, -0.05) is 17.3 Å². The van der Waals surface area contributed by atoms with Gasteiger partial charge in [0.05, 0.1) is 12.2 Å². The second-order valence-electron chi connectivity index (χ2n) is 11.9. The van der Waals surface area contributed by atoms with E-state index >= 15 is 0 Å². The van der Waals surface area contributed by atoms with E-state index in [2.05, 4.69) is 15.1 Å². The lowest BCUT2D eigenvalue weighted by Gasteiger charge is -2.66. The first-order valence-corrected chi connectivity index (χ1v) is 13.0. The minimum absolute atomic E-state index is 0.0802. The molecule has 4 bridgehead atoms. The highest BCUT2D eigenvalue weighted by molar-refractivity contribution is 6.00. The van der Waals surface area contributed by atoms with Gasteiger partial charge in [0.2, 0.25) is 11.7 Å². The van der Waals surface area contributed by atoms with Gasteiger partial charge in [0.1, 0.15) is 5.67 Å². The number of alkyl halides is 4. The highest BCUT2D eigenvalue weighted by atomic mass is 19.4. The average Bonchev–Trinajstić information content (AvgIpc) is 2.90. The van der Waals surface area contributed by atoms with E-state index in [1.165, 1.54) is 12.4 Å². The summed E-state index contributed by atoms with van der Waals surface area (Å²) in [6.45, 7) is 0.679. The number of aromatic nitrogens is 2. The molecule has 6 aliphatic rings. The molecule has 1 aromatic carbocycles. The molecule has 39 heavy (non-hydrogen) atoms. The number of halogens is 4. The van der Waals surface area contributed by atoms with Crippen molar-refractivity contribution in [2.24, 2.45) is 21.7 Å². The van der Waals surface area contributed by atoms with Crippen molar-refractivity contribution in [1.82, 2.24) is 9.97 Å². The van der Waals surface area contributed by atoms with Crippen molar-refractivity contribution in [3.8, 4) is 0 Å². The summed E-state index contributed by atoms with van der Waals surface area (Å²) >= 11 is 0. The molecule has 6 fully saturated rings. The van der Waals surface area contributed by atoms with Crippen LogP contribution in [0.2, 0.25) is 0 Å². The first-order chi connectivity index (χ1) is 18.4. The van der Waals surface area contributed by atoms with Gasteiger partial charge >= 0.3 is 6.18 Å². The minimum atomic E-state index is -4.61. The van der Waals surface area contributed by atoms with Crippen molar-refractivity contribution < 1.29 is 32.3 Å². The van der Waals surface area contributed by atoms with Crippen molar-refractivity contribution in [1.29, 1.82) is 0 Å². The number of nitrogens with two attached hydrogens (primary N) is 1. The lowest BCUT2D eigenvalue weighted by Crippen LogP contribution is -2.65. The number of hydrogen-bond donors (Lipinski definition) is 2. The number of hydrogen-bond acceptors (Lipinski definition) is 6. The normalized spacial score (nSPS) is 33.3. The van der Waals surface area contributed by atoms with Crippen LogP contribution >= 0.6 is 0 Å². The SMILES string of the molecule is NC(=NO)c1cccc(N(CC23CCC(c4cnc(C(F)(F)F)nc4)(CC2)OC3)C(=O)CC23CC(F)(C2)C3)c1. The molecule has 0 atom stereocenters. The summed E-state index contributed by atoms with van der Waals surface area (Å²) in [4.78, 5) is 22.5. The quantitative estimate of drug-likeness (QED) is 0.171. The number of carbonyl (C=O) groups is 1. The molecule has 0 unspecified atom stereocenters. The third-order valence-electron chi connectivity index (χ3n) is 9.16. The molecule has 3 N–H and O–H groups in total. The fourth-order valence-corrected chi connectivity index (χ4v) is 7.06. The Hall–Kier alpha value is -3.28. The molecular formula is C27H29F4N5O3. The van der Waals surface area contributed by atoms with E-state index in [4.69, 9.17) is 15.7 Å². The molecule has 0 radical (unpaired) electrons. The van der Waals surface area contributed by atoms with E-state index in [0.717, 1.165) is 0 Å². The number of rotatable bonds is 7. The molecule has 8 nitrogen and oxygen atoms in total. The van der Waals surface area contributed by atoms with Crippen LogP contribution in [0.3, 0.4) is 0 Å². The first-order valence-electron chi connectivity index (χ1n) is 13.0. The summed E-state index contributed by atoms with van der Waals surface area (Å²) < 4.78 is 59.3. The van der Waals surface area contributed by atoms with Crippen molar-refractivity contribution in [2.45, 2.75) is 68.8 Å². The van der Waals surface area contributed by atoms with Crippen LogP contribution in [-0.2, 0) is 21.3 Å². The molecule has 2 saturated heterocycles. The summed E-state index contributed by atoms with van der Waals surface area (Å²) in [5, 5.41) is 12.2. The Kier molecular flexibility index (Phi) is 5.73. The topological polar surface area (TPSA) is 114 Å². The van der Waals surface area contributed by atoms with Crippen LogP contribution in [0.5, 0.6) is 0 Å². The monoisotopic (exact) mass is 547 g/mol. The molecule has 1 aromatic heterocycles. The Morgan fingerprint density at radius 2 is 1.77 bits per heavy atom. The number of anilines is 1. The van der Waals surface area contributed by atoms with Crippen molar-refractivity contribution in [3.05, 3.63) is 53.6 Å². The molecule has 2 aliphatic heterocycles. The molecule has 3 heterocycles. The average molecular weight is 548 g/mol. The number of ether oxygens (including phenoxy) is 1. The molecule has 1 amide bonds. The lowest BCUT2D eigenvalue weighted by molar-refractivity contribution is -0.215. The largest absolute Gasteiger partial charge is 0.451 e. The van der Waals surface area contributed by atoms with E-state index in [9.17, 15) is 22.4 Å². The Balaban J connectivity index is 1.22. The van der Waals surface area contributed by atoms with Crippen LogP contribution < -0.4 is 10.6 Å². The predicted octanol–water partition coefficient (Wildman–Crippen LogP) is 4.69. The molecule has 208 valence electrons. The molecule has 2 aromatic rings. The second kappa shape index (κ2) is 8.61. The minimum Gasteiger partial charge on any atom is -0.409 e. The Bertz CT molecular complexity index is 1290. The number of oxime groups is 1. The van der Waals surface area contributed by atoms with Gasteiger partial charge in [0, 0.05) is 47.6 Å². The molecule has 8 rings (SSSR count). The van der Waals surface area contributed by atoms with Gasteiger partial charge in [0.25, 0.3) is 0 Å². The van der Waals surface area contributed by atoms with Gasteiger partial charge in [-0.3, -0.25) is 4.79 Å². The summed E-state index contributed by atoms with van der Waals surface area (Å²) in [7, 11) is 0. The fraction of sp³-hybridized carbons (Fsp3) is 0.556. The van der Waals surface area contributed by atoms with Gasteiger partial charge in [-0.2, -0.15) is 13.2 Å². The number of nitrogens with zero attached hydrogens (tertiary/aromatic N) is 4. The van der Waals surface area contributed by atoms with Crippen LogP contribution in [-0.4, -0.2) is 45.7 Å². The maximum absolute atomic E-state index is 14.2. The Labute approximate surface area is 222 Å². The third-order valence-corrected chi connectivity index (χ3v) is 9.16. The van der Waals surface area contributed by atoms with E-state index in [1.54, 1.807) is 29.2 Å². The maximum Gasteiger partial charge on any atom is 0.451 e. The van der Waals surface area contributed by atoms with Gasteiger partial charge in [0.15, 0.2) is 5.84 Å². The zero-order valence-electron chi connectivity index (χ0n) is 21.2. The second-order valence-corrected chi connectivity index (χ2v) is 11.9. The van der Waals surface area contributed by atoms with Crippen molar-refractivity contribution in [3.63, 3.8) is 0 Å². The lowest BCUT2D eigenvalue weighted by atomic mass is 9.41. The van der Waals surface area contributed by atoms with Crippen LogP contribution in [0.1, 0.15) is 68.3 Å². The molecular weight excluding hydrogens is 518 g/mol. The van der Waals surface area contributed by atoms with Gasteiger partial charge in [-0.05, 0) is 62.5 Å². The number of amidine groups is 1. The Morgan fingerprint density at radius 1 is 1.10 bits per heavy atom. The molecule has 4 aliphatic carbocycles. The molecule has 0 spiro atoms.